The highest BCUT2D eigenvalue weighted by Gasteiger charge is 2.28. The normalized spacial score (nSPS) is 18.8. The molecule has 2 aromatic carbocycles. The third-order valence-corrected chi connectivity index (χ3v) is 7.17. The van der Waals surface area contributed by atoms with Crippen molar-refractivity contribution in [1.82, 2.24) is 20.4 Å². The van der Waals surface area contributed by atoms with Crippen LogP contribution in [0.2, 0.25) is 0 Å². The number of aromatic amines is 1. The molecule has 0 spiro atoms. The number of nitrogen functional groups attached to an aromatic ring is 1. The van der Waals surface area contributed by atoms with E-state index in [4.69, 9.17) is 5.73 Å². The van der Waals surface area contributed by atoms with Crippen molar-refractivity contribution in [1.29, 1.82) is 0 Å². The molecule has 1 aromatic heterocycles. The van der Waals surface area contributed by atoms with Crippen LogP contribution in [0.1, 0.15) is 50.7 Å². The van der Waals surface area contributed by atoms with Gasteiger partial charge < -0.3 is 11.1 Å². The number of hydrogen-bond acceptors (Lipinski definition) is 5. The summed E-state index contributed by atoms with van der Waals surface area (Å²) in [5.41, 5.74) is 7.98. The van der Waals surface area contributed by atoms with Crippen LogP contribution in [0.5, 0.6) is 0 Å². The summed E-state index contributed by atoms with van der Waals surface area (Å²) >= 11 is 0. The zero-order chi connectivity index (χ0) is 25.8. The van der Waals surface area contributed by atoms with Crippen LogP contribution in [-0.4, -0.2) is 51.5 Å². The summed E-state index contributed by atoms with van der Waals surface area (Å²) in [6, 6.07) is 8.93. The first-order chi connectivity index (χ1) is 17.2. The second kappa shape index (κ2) is 12.5. The third-order valence-electron chi connectivity index (χ3n) is 7.17. The molecular weight excluding hydrogens is 496 g/mol. The van der Waals surface area contributed by atoms with Crippen LogP contribution < -0.4 is 11.1 Å². The van der Waals surface area contributed by atoms with Gasteiger partial charge in [0, 0.05) is 23.9 Å². The van der Waals surface area contributed by atoms with Crippen molar-refractivity contribution in [2.75, 3.05) is 12.3 Å². The number of H-pyrrole nitrogens is 1. The Morgan fingerprint density at radius 3 is 2.51 bits per heavy atom. The van der Waals surface area contributed by atoms with E-state index in [-0.39, 0.29) is 56.7 Å². The number of aromatic nitrogens is 2. The van der Waals surface area contributed by atoms with Gasteiger partial charge in [0.25, 0.3) is 0 Å². The van der Waals surface area contributed by atoms with E-state index >= 15 is 0 Å². The molecule has 10 heteroatoms. The first-order valence-electron chi connectivity index (χ1n) is 12.5. The lowest BCUT2D eigenvalue weighted by Gasteiger charge is -2.38. The second-order valence-corrected chi connectivity index (χ2v) is 9.83. The molecule has 7 nitrogen and oxygen atoms in total. The van der Waals surface area contributed by atoms with Gasteiger partial charge in [-0.2, -0.15) is 18.6 Å². The van der Waals surface area contributed by atoms with Crippen LogP contribution in [0.4, 0.5) is 14.6 Å². The maximum absolute atomic E-state index is 13.8. The van der Waals surface area contributed by atoms with Crippen LogP contribution in [-0.2, 0) is 22.4 Å². The Labute approximate surface area is 222 Å². The highest BCUT2D eigenvalue weighted by Crippen LogP contribution is 2.22. The van der Waals surface area contributed by atoms with Gasteiger partial charge in [-0.3, -0.25) is 19.6 Å². The molecule has 0 saturated carbocycles. The fourth-order valence-corrected chi connectivity index (χ4v) is 5.03. The van der Waals surface area contributed by atoms with Crippen molar-refractivity contribution in [2.45, 2.75) is 70.5 Å². The number of likely N-dealkylation sites (tertiary alicyclic amines) is 1. The van der Waals surface area contributed by atoms with Crippen LogP contribution in [0.3, 0.4) is 0 Å². The first kappa shape index (κ1) is 28.6. The Morgan fingerprint density at radius 1 is 1.11 bits per heavy atom. The van der Waals surface area contributed by atoms with E-state index in [0.29, 0.717) is 17.8 Å². The van der Waals surface area contributed by atoms with E-state index in [2.05, 4.69) is 34.3 Å². The van der Waals surface area contributed by atoms with Crippen molar-refractivity contribution in [3.05, 3.63) is 59.2 Å². The number of aryl methyl sites for hydroxylation is 1. The number of benzene rings is 2. The number of carbonyl (C=O) groups excluding carboxylic acids is 2. The highest BCUT2D eigenvalue weighted by atomic mass is 32.1. The summed E-state index contributed by atoms with van der Waals surface area (Å²) in [5, 5.41) is 10.5. The fourth-order valence-electron chi connectivity index (χ4n) is 5.03. The number of rotatable bonds is 9. The topological polar surface area (TPSA) is 104 Å². The number of nitrogens with two attached hydrogens (primary N) is 1. The monoisotopic (exact) mass is 531 g/mol. The zero-order valence-electron chi connectivity index (χ0n) is 21.2. The molecule has 1 saturated heterocycles. The molecule has 0 aliphatic carbocycles. The molecule has 4 rings (SSSR count). The summed E-state index contributed by atoms with van der Waals surface area (Å²) in [7, 11) is 0. The molecule has 1 fully saturated rings. The van der Waals surface area contributed by atoms with Gasteiger partial charge in [0.05, 0.1) is 18.1 Å². The lowest BCUT2D eigenvalue weighted by Crippen LogP contribution is -2.51. The van der Waals surface area contributed by atoms with Gasteiger partial charge in [-0.15, -0.1) is 0 Å². The Kier molecular flexibility index (Phi) is 9.67. The van der Waals surface area contributed by atoms with Crippen molar-refractivity contribution in [3.8, 4) is 0 Å². The molecule has 37 heavy (non-hydrogen) atoms. The Hall–Kier alpha value is -2.98. The summed E-state index contributed by atoms with van der Waals surface area (Å²) in [6.07, 6.45) is 3.91. The predicted octanol–water partition coefficient (Wildman–Crippen LogP) is 4.03. The molecule has 3 aromatic rings. The number of Topliss-reactive ketones (excluding diaryl/α,β-unsaturated/α-hetero) is 1. The maximum Gasteiger partial charge on any atom is 0.234 e. The molecule has 1 aliphatic heterocycles. The molecule has 0 radical (unpaired) electrons. The average Bonchev–Trinajstić information content (AvgIpc) is 3.22. The van der Waals surface area contributed by atoms with E-state index in [0.717, 1.165) is 47.9 Å². The minimum atomic E-state index is -0.979. The first-order valence-corrected chi connectivity index (χ1v) is 12.5. The quantitative estimate of drug-likeness (QED) is 0.387. The van der Waals surface area contributed by atoms with Crippen molar-refractivity contribution >= 4 is 41.9 Å². The number of ketones is 1. The number of nitrogens with one attached hydrogen (secondary N) is 2. The summed E-state index contributed by atoms with van der Waals surface area (Å²) < 4.78 is 27.2. The number of carbonyl (C=O) groups is 2. The molecular formula is C27H35F2N5O2S. The van der Waals surface area contributed by atoms with Crippen molar-refractivity contribution in [2.24, 2.45) is 0 Å². The number of anilines is 1. The molecule has 1 amide bonds. The van der Waals surface area contributed by atoms with Crippen molar-refractivity contribution < 1.29 is 18.4 Å². The number of halogens is 2. The summed E-state index contributed by atoms with van der Waals surface area (Å²) in [4.78, 5) is 28.4. The SMILES string of the molecule is C[C@@H]1CCC[C@H](C)N1CC(=O)N[C@@H](Cc1ccc(F)c(F)c1)C(=O)CCc1ccc2c(N)n[nH]c2c1.S. The standard InChI is InChI=1S/C27H33F2N5O2.H2S/c1-16-4-3-5-17(2)34(16)15-26(36)31-24(14-19-7-10-21(28)22(29)12-19)25(35)11-8-18-6-9-20-23(13-18)32-33-27(20)30;/h6-7,9-10,12-13,16-17,24H,3-5,8,11,14-15H2,1-2H3,(H,31,36)(H3,30,32,33);1H2/t16-,17+,24-;/m0./s1. The van der Waals surface area contributed by atoms with Crippen LogP contribution >= 0.6 is 13.5 Å². The smallest absolute Gasteiger partial charge is 0.234 e. The maximum atomic E-state index is 13.8. The summed E-state index contributed by atoms with van der Waals surface area (Å²) in [5.74, 6) is -1.93. The molecule has 4 N–H and O–H groups in total. The van der Waals surface area contributed by atoms with E-state index in [9.17, 15) is 18.4 Å². The minimum absolute atomic E-state index is 0. The van der Waals surface area contributed by atoms with Crippen molar-refractivity contribution in [3.63, 3.8) is 0 Å². The molecule has 200 valence electrons. The Morgan fingerprint density at radius 2 is 1.81 bits per heavy atom. The van der Waals surface area contributed by atoms with Gasteiger partial charge >= 0.3 is 0 Å². The minimum Gasteiger partial charge on any atom is -0.382 e. The number of fused-ring (bicyclic) bond motifs is 1. The number of hydrogen-bond donors (Lipinski definition) is 3. The van der Waals surface area contributed by atoms with Crippen LogP contribution in [0.15, 0.2) is 36.4 Å². The van der Waals surface area contributed by atoms with Crippen LogP contribution in [0, 0.1) is 11.6 Å². The van der Waals surface area contributed by atoms with Gasteiger partial charge in [-0.05, 0) is 74.9 Å². The molecule has 0 unspecified atom stereocenters. The Bertz CT molecular complexity index is 1240. The second-order valence-electron chi connectivity index (χ2n) is 9.83. The largest absolute Gasteiger partial charge is 0.382 e. The Balaban J connectivity index is 0.00000380. The third kappa shape index (κ3) is 7.07. The average molecular weight is 532 g/mol. The zero-order valence-corrected chi connectivity index (χ0v) is 22.2. The molecule has 1 aliphatic rings. The molecule has 0 bridgehead atoms. The fraction of sp³-hybridized carbons (Fsp3) is 0.444. The summed E-state index contributed by atoms with van der Waals surface area (Å²) in [6.45, 7) is 4.41. The number of amides is 1. The lowest BCUT2D eigenvalue weighted by atomic mass is 9.96. The number of piperidine rings is 1. The van der Waals surface area contributed by atoms with Crippen LogP contribution in [0.25, 0.3) is 10.9 Å². The van der Waals surface area contributed by atoms with E-state index in [1.807, 2.05) is 18.2 Å². The van der Waals surface area contributed by atoms with Gasteiger partial charge in [0.15, 0.2) is 23.2 Å². The van der Waals surface area contributed by atoms with Gasteiger partial charge in [0.2, 0.25) is 5.91 Å². The highest BCUT2D eigenvalue weighted by molar-refractivity contribution is 7.59. The number of nitrogens with zero attached hydrogens (tertiary/aromatic N) is 2. The van der Waals surface area contributed by atoms with E-state index < -0.39 is 17.7 Å². The van der Waals surface area contributed by atoms with Gasteiger partial charge in [0.1, 0.15) is 0 Å². The van der Waals surface area contributed by atoms with E-state index in [1.165, 1.54) is 6.07 Å². The molecule has 3 atom stereocenters. The van der Waals surface area contributed by atoms with Gasteiger partial charge in [-0.25, -0.2) is 8.78 Å². The predicted molar refractivity (Wildman–Crippen MR) is 146 cm³/mol. The van der Waals surface area contributed by atoms with E-state index in [1.54, 1.807) is 0 Å². The lowest BCUT2D eigenvalue weighted by molar-refractivity contribution is -0.129. The van der Waals surface area contributed by atoms with Gasteiger partial charge in [-0.1, -0.05) is 18.6 Å². The molecule has 2 heterocycles.